The SMILES string of the molecule is NC(=S)N/N=C(\c1ccc2c(c1)Cc1ccccc1-2)c1ccccc1C(=O)O. The van der Waals surface area contributed by atoms with Gasteiger partial charge in [0.15, 0.2) is 5.11 Å². The van der Waals surface area contributed by atoms with Gasteiger partial charge in [0.2, 0.25) is 0 Å². The van der Waals surface area contributed by atoms with E-state index in [9.17, 15) is 9.90 Å². The van der Waals surface area contributed by atoms with Gasteiger partial charge in [-0.2, -0.15) is 5.10 Å². The number of hydrazone groups is 1. The topological polar surface area (TPSA) is 87.7 Å². The number of nitrogens with zero attached hydrogens (tertiary/aromatic N) is 1. The summed E-state index contributed by atoms with van der Waals surface area (Å²) in [6, 6.07) is 21.1. The largest absolute Gasteiger partial charge is 0.478 e. The lowest BCUT2D eigenvalue weighted by Gasteiger charge is -2.12. The fraction of sp³-hybridized carbons (Fsp3) is 0.0455. The third-order valence-corrected chi connectivity index (χ3v) is 4.85. The monoisotopic (exact) mass is 387 g/mol. The first-order chi connectivity index (χ1) is 13.5. The summed E-state index contributed by atoms with van der Waals surface area (Å²) in [5.41, 5.74) is 14.9. The van der Waals surface area contributed by atoms with Crippen molar-refractivity contribution in [2.24, 2.45) is 10.8 Å². The van der Waals surface area contributed by atoms with E-state index in [1.165, 1.54) is 22.3 Å². The number of rotatable bonds is 4. The average molecular weight is 387 g/mol. The van der Waals surface area contributed by atoms with Crippen LogP contribution in [0.25, 0.3) is 11.1 Å². The molecule has 0 bridgehead atoms. The number of aromatic carboxylic acids is 1. The maximum Gasteiger partial charge on any atom is 0.336 e. The van der Waals surface area contributed by atoms with Gasteiger partial charge in [0, 0.05) is 11.1 Å². The summed E-state index contributed by atoms with van der Waals surface area (Å²) >= 11 is 4.87. The molecule has 28 heavy (non-hydrogen) atoms. The molecule has 0 atom stereocenters. The van der Waals surface area contributed by atoms with Gasteiger partial charge < -0.3 is 10.8 Å². The standard InChI is InChI=1S/C22H17N3O2S/c23-22(28)25-24-20(18-7-3-4-8-19(18)21(26)27)14-9-10-17-15(12-14)11-13-5-1-2-6-16(13)17/h1-10,12H,11H2,(H,26,27)(H3,23,25,28)/b24-20+. The van der Waals surface area contributed by atoms with Crippen LogP contribution in [0.2, 0.25) is 0 Å². The Morgan fingerprint density at radius 3 is 2.39 bits per heavy atom. The van der Waals surface area contributed by atoms with Crippen LogP contribution >= 0.6 is 12.2 Å². The van der Waals surface area contributed by atoms with Gasteiger partial charge in [0.1, 0.15) is 0 Å². The molecule has 0 radical (unpaired) electrons. The molecule has 0 spiro atoms. The number of fused-ring (bicyclic) bond motifs is 3. The lowest BCUT2D eigenvalue weighted by molar-refractivity contribution is 0.0696. The zero-order valence-corrected chi connectivity index (χ0v) is 15.7. The molecule has 3 aromatic carbocycles. The maximum absolute atomic E-state index is 11.7. The van der Waals surface area contributed by atoms with E-state index in [0.29, 0.717) is 11.3 Å². The van der Waals surface area contributed by atoms with Gasteiger partial charge in [-0.1, -0.05) is 54.6 Å². The minimum Gasteiger partial charge on any atom is -0.478 e. The minimum atomic E-state index is -1.02. The van der Waals surface area contributed by atoms with E-state index in [0.717, 1.165) is 12.0 Å². The summed E-state index contributed by atoms with van der Waals surface area (Å²) in [4.78, 5) is 11.7. The lowest BCUT2D eigenvalue weighted by atomic mass is 9.95. The molecule has 5 nitrogen and oxygen atoms in total. The molecule has 1 aliphatic rings. The third kappa shape index (κ3) is 3.25. The van der Waals surface area contributed by atoms with E-state index in [4.69, 9.17) is 18.0 Å². The van der Waals surface area contributed by atoms with Crippen molar-refractivity contribution in [1.82, 2.24) is 5.43 Å². The number of hydrogen-bond acceptors (Lipinski definition) is 3. The first-order valence-electron chi connectivity index (χ1n) is 8.72. The molecule has 0 amide bonds. The highest BCUT2D eigenvalue weighted by Crippen LogP contribution is 2.37. The summed E-state index contributed by atoms with van der Waals surface area (Å²) in [7, 11) is 0. The molecule has 0 aromatic heterocycles. The summed E-state index contributed by atoms with van der Waals surface area (Å²) < 4.78 is 0. The fourth-order valence-electron chi connectivity index (χ4n) is 3.56. The molecule has 4 rings (SSSR count). The van der Waals surface area contributed by atoms with E-state index in [1.807, 2.05) is 24.3 Å². The van der Waals surface area contributed by atoms with Gasteiger partial charge in [-0.25, -0.2) is 4.79 Å². The van der Waals surface area contributed by atoms with Crippen molar-refractivity contribution in [3.63, 3.8) is 0 Å². The molecule has 1 aliphatic carbocycles. The quantitative estimate of drug-likeness (QED) is 0.283. The average Bonchev–Trinajstić information content (AvgIpc) is 3.06. The van der Waals surface area contributed by atoms with Crippen molar-refractivity contribution < 1.29 is 9.90 Å². The summed E-state index contributed by atoms with van der Waals surface area (Å²) in [6.45, 7) is 0. The normalized spacial score (nSPS) is 12.2. The highest BCUT2D eigenvalue weighted by atomic mass is 32.1. The van der Waals surface area contributed by atoms with Crippen LogP contribution in [0.5, 0.6) is 0 Å². The number of nitrogens with one attached hydrogen (secondary N) is 1. The summed E-state index contributed by atoms with van der Waals surface area (Å²) in [6.07, 6.45) is 0.829. The Bertz CT molecular complexity index is 1140. The van der Waals surface area contributed by atoms with Crippen molar-refractivity contribution in [1.29, 1.82) is 0 Å². The molecular weight excluding hydrogens is 370 g/mol. The van der Waals surface area contributed by atoms with Crippen molar-refractivity contribution in [2.75, 3.05) is 0 Å². The minimum absolute atomic E-state index is 0.0128. The predicted molar refractivity (Wildman–Crippen MR) is 114 cm³/mol. The Hall–Kier alpha value is -3.51. The van der Waals surface area contributed by atoms with E-state index in [2.05, 4.69) is 28.7 Å². The molecule has 0 unspecified atom stereocenters. The van der Waals surface area contributed by atoms with Crippen LogP contribution in [-0.4, -0.2) is 21.9 Å². The van der Waals surface area contributed by atoms with E-state index >= 15 is 0 Å². The van der Waals surface area contributed by atoms with E-state index < -0.39 is 5.97 Å². The van der Waals surface area contributed by atoms with Crippen LogP contribution < -0.4 is 11.2 Å². The van der Waals surface area contributed by atoms with E-state index in [1.54, 1.807) is 24.3 Å². The van der Waals surface area contributed by atoms with Gasteiger partial charge in [-0.05, 0) is 53.0 Å². The Morgan fingerprint density at radius 1 is 0.964 bits per heavy atom. The first kappa shape index (κ1) is 17.9. The van der Waals surface area contributed by atoms with Gasteiger partial charge in [0.05, 0.1) is 11.3 Å². The molecule has 0 heterocycles. The van der Waals surface area contributed by atoms with Crippen LogP contribution in [-0.2, 0) is 6.42 Å². The Kier molecular flexibility index (Phi) is 4.63. The number of hydrogen-bond donors (Lipinski definition) is 3. The highest BCUT2D eigenvalue weighted by molar-refractivity contribution is 7.80. The molecule has 0 aliphatic heterocycles. The van der Waals surface area contributed by atoms with Gasteiger partial charge in [-0.15, -0.1) is 0 Å². The highest BCUT2D eigenvalue weighted by Gasteiger charge is 2.21. The Morgan fingerprint density at radius 2 is 1.64 bits per heavy atom. The number of nitrogens with two attached hydrogens (primary N) is 1. The third-order valence-electron chi connectivity index (χ3n) is 4.76. The van der Waals surface area contributed by atoms with E-state index in [-0.39, 0.29) is 10.7 Å². The van der Waals surface area contributed by atoms with Gasteiger partial charge in [-0.3, -0.25) is 5.43 Å². The zero-order chi connectivity index (χ0) is 19.7. The predicted octanol–water partition coefficient (Wildman–Crippen LogP) is 3.54. The van der Waals surface area contributed by atoms with Gasteiger partial charge in [0.25, 0.3) is 0 Å². The number of carboxylic acids is 1. The Balaban J connectivity index is 1.84. The second kappa shape index (κ2) is 7.25. The van der Waals surface area contributed by atoms with Crippen molar-refractivity contribution in [2.45, 2.75) is 6.42 Å². The lowest BCUT2D eigenvalue weighted by Crippen LogP contribution is -2.26. The number of benzene rings is 3. The van der Waals surface area contributed by atoms with Crippen LogP contribution in [0.4, 0.5) is 0 Å². The van der Waals surface area contributed by atoms with Crippen LogP contribution in [0.1, 0.15) is 32.6 Å². The van der Waals surface area contributed by atoms with Crippen molar-refractivity contribution in [3.8, 4) is 11.1 Å². The summed E-state index contributed by atoms with van der Waals surface area (Å²) in [5.74, 6) is -1.02. The molecule has 4 N–H and O–H groups in total. The molecule has 0 fully saturated rings. The van der Waals surface area contributed by atoms with Crippen LogP contribution in [0.15, 0.2) is 71.8 Å². The number of carboxylic acid groups (broad SMARTS) is 1. The molecule has 0 saturated heterocycles. The second-order valence-corrected chi connectivity index (χ2v) is 6.93. The van der Waals surface area contributed by atoms with Crippen LogP contribution in [0.3, 0.4) is 0 Å². The molecule has 138 valence electrons. The van der Waals surface area contributed by atoms with Gasteiger partial charge >= 0.3 is 5.97 Å². The van der Waals surface area contributed by atoms with Crippen LogP contribution in [0, 0.1) is 0 Å². The number of thiocarbonyl (C=S) groups is 1. The van der Waals surface area contributed by atoms with Crippen molar-refractivity contribution >= 4 is 29.0 Å². The molecular formula is C22H17N3O2S. The first-order valence-corrected chi connectivity index (χ1v) is 9.13. The molecule has 0 saturated carbocycles. The zero-order valence-electron chi connectivity index (χ0n) is 14.8. The number of carbonyl (C=O) groups is 1. The maximum atomic E-state index is 11.7. The smallest absolute Gasteiger partial charge is 0.336 e. The second-order valence-electron chi connectivity index (χ2n) is 6.49. The summed E-state index contributed by atoms with van der Waals surface area (Å²) in [5, 5.41) is 13.9. The molecule has 6 heteroatoms. The van der Waals surface area contributed by atoms with Crippen molar-refractivity contribution in [3.05, 3.63) is 94.5 Å². The Labute approximate surface area is 167 Å². The molecule has 3 aromatic rings. The fourth-order valence-corrected chi connectivity index (χ4v) is 3.61.